The molecule has 0 radical (unpaired) electrons. The first-order chi connectivity index (χ1) is 18.0. The number of aliphatic imine (C=N–C) groups is 2. The van der Waals surface area contributed by atoms with E-state index in [9.17, 15) is 4.79 Å². The molecule has 0 spiro atoms. The summed E-state index contributed by atoms with van der Waals surface area (Å²) in [6.45, 7) is 6.26. The van der Waals surface area contributed by atoms with Crippen LogP contribution in [0.15, 0.2) is 40.4 Å². The summed E-state index contributed by atoms with van der Waals surface area (Å²) in [5.41, 5.74) is 1.90. The summed E-state index contributed by atoms with van der Waals surface area (Å²) >= 11 is 0. The molecule has 0 aliphatic carbocycles. The fourth-order valence-corrected chi connectivity index (χ4v) is 4.55. The van der Waals surface area contributed by atoms with E-state index in [4.69, 9.17) is 19.2 Å². The Morgan fingerprint density at radius 3 is 2.73 bits per heavy atom. The standard InChI is InChI=1S/C26H33N7O4/c1-31(2)21-8-5-18(17-28-21)25(34)30-26-29-22-19(24-27-9-11-33(24)26)6-7-20(23(22)35-3)37-14-4-10-32-12-15-36-16-13-32/h5-8,17H,4,9-16H2,1-3H3,(H,29,30,34). The van der Waals surface area contributed by atoms with Crippen LogP contribution >= 0.6 is 0 Å². The van der Waals surface area contributed by atoms with Crippen molar-refractivity contribution >= 4 is 29.2 Å². The lowest BCUT2D eigenvalue weighted by Gasteiger charge is -2.29. The van der Waals surface area contributed by atoms with E-state index in [2.05, 4.69) is 20.2 Å². The van der Waals surface area contributed by atoms with E-state index in [1.165, 1.54) is 0 Å². The number of methoxy groups -OCH3 is 1. The van der Waals surface area contributed by atoms with Gasteiger partial charge in [0.25, 0.3) is 5.91 Å². The molecule has 11 heteroatoms. The average Bonchev–Trinajstić information content (AvgIpc) is 3.42. The molecule has 1 N–H and O–H groups in total. The third kappa shape index (κ3) is 5.37. The third-order valence-corrected chi connectivity index (χ3v) is 6.53. The number of rotatable bonds is 8. The summed E-state index contributed by atoms with van der Waals surface area (Å²) in [4.78, 5) is 33.0. The Kier molecular flexibility index (Phi) is 7.52. The van der Waals surface area contributed by atoms with Gasteiger partial charge in [0.05, 0.1) is 39.0 Å². The number of ether oxygens (including phenoxy) is 3. The number of nitrogens with zero attached hydrogens (tertiary/aromatic N) is 6. The zero-order valence-electron chi connectivity index (χ0n) is 21.6. The lowest BCUT2D eigenvalue weighted by molar-refractivity contribution is 0.0357. The second kappa shape index (κ2) is 11.1. The van der Waals surface area contributed by atoms with Crippen LogP contribution in [0.5, 0.6) is 11.5 Å². The Hall–Kier alpha value is -3.70. The number of morpholine rings is 1. The molecule has 0 atom stereocenters. The van der Waals surface area contributed by atoms with E-state index in [-0.39, 0.29) is 5.91 Å². The Bertz CT molecular complexity index is 1190. The second-order valence-electron chi connectivity index (χ2n) is 9.20. The third-order valence-electron chi connectivity index (χ3n) is 6.53. The van der Waals surface area contributed by atoms with E-state index in [0.29, 0.717) is 48.4 Å². The van der Waals surface area contributed by atoms with Crippen molar-refractivity contribution in [3.8, 4) is 11.5 Å². The highest BCUT2D eigenvalue weighted by Gasteiger charge is 2.33. The predicted octanol–water partition coefficient (Wildman–Crippen LogP) is 1.75. The molecule has 37 heavy (non-hydrogen) atoms. The molecule has 4 heterocycles. The van der Waals surface area contributed by atoms with Gasteiger partial charge in [0.1, 0.15) is 17.3 Å². The molecule has 196 valence electrons. The van der Waals surface area contributed by atoms with Crippen LogP contribution in [0.25, 0.3) is 0 Å². The minimum Gasteiger partial charge on any atom is -0.491 e. The van der Waals surface area contributed by atoms with Crippen LogP contribution in [0.1, 0.15) is 22.3 Å². The summed E-state index contributed by atoms with van der Waals surface area (Å²) in [5, 5.41) is 2.95. The first-order valence-corrected chi connectivity index (χ1v) is 12.5. The van der Waals surface area contributed by atoms with Gasteiger partial charge in [0.15, 0.2) is 11.5 Å². The lowest BCUT2D eigenvalue weighted by Crippen LogP contribution is -2.47. The number of pyridine rings is 1. The maximum absolute atomic E-state index is 13.0. The molecule has 3 aliphatic heterocycles. The number of anilines is 1. The molecule has 1 aromatic carbocycles. The highest BCUT2D eigenvalue weighted by atomic mass is 16.5. The number of hydrogen-bond donors (Lipinski definition) is 1. The van der Waals surface area contributed by atoms with Gasteiger partial charge < -0.3 is 19.1 Å². The van der Waals surface area contributed by atoms with Gasteiger partial charge in [-0.15, -0.1) is 0 Å². The van der Waals surface area contributed by atoms with Gasteiger partial charge in [-0.25, -0.2) is 9.98 Å². The SMILES string of the molecule is COc1c(OCCCN2CCOCC2)ccc2c1N=C(NC(=O)c1ccc(N(C)C)nc1)N1CCN=C21. The largest absolute Gasteiger partial charge is 0.491 e. The first kappa shape index (κ1) is 25.0. The van der Waals surface area contributed by atoms with Crippen LogP contribution in [0.2, 0.25) is 0 Å². The molecule has 3 aliphatic rings. The fourth-order valence-electron chi connectivity index (χ4n) is 4.55. The smallest absolute Gasteiger partial charge is 0.259 e. The Morgan fingerprint density at radius 2 is 2.00 bits per heavy atom. The van der Waals surface area contributed by atoms with E-state index >= 15 is 0 Å². The van der Waals surface area contributed by atoms with Crippen LogP contribution in [0.4, 0.5) is 11.5 Å². The quantitative estimate of drug-likeness (QED) is 0.539. The second-order valence-corrected chi connectivity index (χ2v) is 9.20. The number of fused-ring (bicyclic) bond motifs is 3. The number of carbonyl (C=O) groups excluding carboxylic acids is 1. The zero-order chi connectivity index (χ0) is 25.8. The Labute approximate surface area is 216 Å². The zero-order valence-corrected chi connectivity index (χ0v) is 21.6. The van der Waals surface area contributed by atoms with Crippen molar-refractivity contribution in [3.63, 3.8) is 0 Å². The van der Waals surface area contributed by atoms with Crippen molar-refractivity contribution in [1.82, 2.24) is 20.1 Å². The van der Waals surface area contributed by atoms with Crippen molar-refractivity contribution < 1.29 is 19.0 Å². The minimum atomic E-state index is -0.291. The van der Waals surface area contributed by atoms with Crippen LogP contribution < -0.4 is 19.7 Å². The Balaban J connectivity index is 1.34. The number of benzene rings is 1. The highest BCUT2D eigenvalue weighted by molar-refractivity contribution is 6.20. The molecular weight excluding hydrogens is 474 g/mol. The van der Waals surface area contributed by atoms with Crippen LogP contribution in [0, 0.1) is 0 Å². The van der Waals surface area contributed by atoms with Crippen LogP contribution in [0.3, 0.4) is 0 Å². The molecular formula is C26H33N7O4. The van der Waals surface area contributed by atoms with Gasteiger partial charge in [-0.05, 0) is 30.7 Å². The van der Waals surface area contributed by atoms with Gasteiger partial charge in [-0.3, -0.25) is 24.9 Å². The molecule has 2 aromatic rings. The van der Waals surface area contributed by atoms with Crippen molar-refractivity contribution in [2.24, 2.45) is 9.98 Å². The van der Waals surface area contributed by atoms with Crippen molar-refractivity contribution in [3.05, 3.63) is 41.6 Å². The maximum atomic E-state index is 13.0. The molecule has 1 amide bonds. The first-order valence-electron chi connectivity index (χ1n) is 12.5. The molecule has 1 saturated heterocycles. The molecule has 11 nitrogen and oxygen atoms in total. The topological polar surface area (TPSA) is 104 Å². The monoisotopic (exact) mass is 507 g/mol. The number of carbonyl (C=O) groups is 1. The van der Waals surface area contributed by atoms with Gasteiger partial charge in [0, 0.05) is 52.0 Å². The number of amides is 1. The lowest BCUT2D eigenvalue weighted by atomic mass is 10.1. The van der Waals surface area contributed by atoms with E-state index in [1.54, 1.807) is 25.4 Å². The van der Waals surface area contributed by atoms with Gasteiger partial charge >= 0.3 is 0 Å². The average molecular weight is 508 g/mol. The van der Waals surface area contributed by atoms with Gasteiger partial charge in [0.2, 0.25) is 5.96 Å². The number of aromatic nitrogens is 1. The minimum absolute atomic E-state index is 0.291. The van der Waals surface area contributed by atoms with Crippen molar-refractivity contribution in [2.75, 3.05) is 78.6 Å². The summed E-state index contributed by atoms with van der Waals surface area (Å²) in [6.07, 6.45) is 2.45. The Morgan fingerprint density at radius 1 is 1.16 bits per heavy atom. The molecule has 1 aromatic heterocycles. The summed E-state index contributed by atoms with van der Waals surface area (Å²) in [7, 11) is 5.41. The van der Waals surface area contributed by atoms with Crippen LogP contribution in [-0.4, -0.2) is 106 Å². The highest BCUT2D eigenvalue weighted by Crippen LogP contribution is 2.43. The number of amidine groups is 1. The molecule has 5 rings (SSSR count). The summed E-state index contributed by atoms with van der Waals surface area (Å²) in [6, 6.07) is 7.42. The maximum Gasteiger partial charge on any atom is 0.259 e. The fraction of sp³-hybridized carbons (Fsp3) is 0.462. The number of nitrogens with one attached hydrogen (secondary N) is 1. The molecule has 0 unspecified atom stereocenters. The summed E-state index contributed by atoms with van der Waals surface area (Å²) in [5.74, 6) is 2.80. The van der Waals surface area contributed by atoms with Crippen molar-refractivity contribution in [1.29, 1.82) is 0 Å². The molecule has 0 bridgehead atoms. The van der Waals surface area contributed by atoms with Gasteiger partial charge in [-0.2, -0.15) is 0 Å². The van der Waals surface area contributed by atoms with E-state index in [1.807, 2.05) is 36.0 Å². The van der Waals surface area contributed by atoms with E-state index in [0.717, 1.165) is 56.5 Å². The summed E-state index contributed by atoms with van der Waals surface area (Å²) < 4.78 is 17.3. The van der Waals surface area contributed by atoms with Gasteiger partial charge in [-0.1, -0.05) is 0 Å². The predicted molar refractivity (Wildman–Crippen MR) is 142 cm³/mol. The van der Waals surface area contributed by atoms with E-state index < -0.39 is 0 Å². The normalized spacial score (nSPS) is 16.9. The van der Waals surface area contributed by atoms with Crippen molar-refractivity contribution in [2.45, 2.75) is 6.42 Å². The molecule has 1 fully saturated rings. The molecule has 0 saturated carbocycles. The van der Waals surface area contributed by atoms with Crippen LogP contribution in [-0.2, 0) is 4.74 Å². The number of guanidine groups is 1. The number of hydrogen-bond acceptors (Lipinski definition) is 10.